The zero-order chi connectivity index (χ0) is 15.8. The third-order valence-electron chi connectivity index (χ3n) is 3.38. The van der Waals surface area contributed by atoms with Crippen molar-refractivity contribution in [1.82, 2.24) is 10.2 Å². The van der Waals surface area contributed by atoms with Crippen LogP contribution in [-0.2, 0) is 20.2 Å². The molecule has 0 radical (unpaired) electrons. The van der Waals surface area contributed by atoms with Crippen molar-refractivity contribution in [2.75, 3.05) is 18.6 Å². The number of urea groups is 1. The summed E-state index contributed by atoms with van der Waals surface area (Å²) in [5.41, 5.74) is -0.883. The fourth-order valence-electron chi connectivity index (χ4n) is 2.14. The van der Waals surface area contributed by atoms with Gasteiger partial charge in [0.15, 0.2) is 0 Å². The number of hydrogen-bond acceptors (Lipinski definition) is 4. The van der Waals surface area contributed by atoms with E-state index in [1.54, 1.807) is 0 Å². The van der Waals surface area contributed by atoms with Gasteiger partial charge in [-0.3, -0.25) is 9.69 Å². The van der Waals surface area contributed by atoms with Crippen LogP contribution in [0.15, 0.2) is 24.3 Å². The Balaban J connectivity index is 2.26. The van der Waals surface area contributed by atoms with Gasteiger partial charge in [-0.1, -0.05) is 12.1 Å². The quantitative estimate of drug-likeness (QED) is 0.827. The number of rotatable bonds is 4. The molecule has 0 bridgehead atoms. The summed E-state index contributed by atoms with van der Waals surface area (Å²) >= 11 is 0. The lowest BCUT2D eigenvalue weighted by molar-refractivity contribution is -0.130. The Morgan fingerprint density at radius 1 is 1.24 bits per heavy atom. The van der Waals surface area contributed by atoms with Gasteiger partial charge in [0.05, 0.1) is 5.75 Å². The highest BCUT2D eigenvalue weighted by Gasteiger charge is 2.48. The Labute approximate surface area is 121 Å². The van der Waals surface area contributed by atoms with E-state index in [0.717, 1.165) is 11.2 Å². The van der Waals surface area contributed by atoms with Crippen molar-refractivity contribution in [1.29, 1.82) is 0 Å². The fourth-order valence-corrected chi connectivity index (χ4v) is 2.65. The molecule has 1 N–H and O–H groups in total. The molecule has 0 saturated carbocycles. The molecule has 1 atom stereocenters. The number of benzene rings is 1. The largest absolute Gasteiger partial charge is 0.325 e. The van der Waals surface area contributed by atoms with E-state index in [1.165, 1.54) is 31.2 Å². The molecule has 1 aliphatic heterocycles. The van der Waals surface area contributed by atoms with Crippen molar-refractivity contribution in [3.05, 3.63) is 35.6 Å². The Bertz CT molecular complexity index is 687. The van der Waals surface area contributed by atoms with Crippen LogP contribution in [0, 0.1) is 5.82 Å². The van der Waals surface area contributed by atoms with Crippen molar-refractivity contribution < 1.29 is 22.4 Å². The predicted octanol–water partition coefficient (Wildman–Crippen LogP) is 0.637. The van der Waals surface area contributed by atoms with Gasteiger partial charge >= 0.3 is 6.03 Å². The maximum absolute atomic E-state index is 13.0. The lowest BCUT2D eigenvalue weighted by Gasteiger charge is -2.22. The van der Waals surface area contributed by atoms with Crippen molar-refractivity contribution in [2.24, 2.45) is 0 Å². The summed E-state index contributed by atoms with van der Waals surface area (Å²) in [6, 6.07) is 4.55. The average molecular weight is 314 g/mol. The van der Waals surface area contributed by atoms with Crippen LogP contribution in [0.5, 0.6) is 0 Å². The Morgan fingerprint density at radius 3 is 2.33 bits per heavy atom. The van der Waals surface area contributed by atoms with E-state index in [9.17, 15) is 22.4 Å². The van der Waals surface area contributed by atoms with Crippen LogP contribution in [0.25, 0.3) is 0 Å². The number of hydrogen-bond donors (Lipinski definition) is 1. The molecule has 1 saturated heterocycles. The molecule has 1 fully saturated rings. The van der Waals surface area contributed by atoms with Gasteiger partial charge in [-0.25, -0.2) is 17.6 Å². The van der Waals surface area contributed by atoms with E-state index in [0.29, 0.717) is 5.56 Å². The lowest BCUT2D eigenvalue weighted by Crippen LogP contribution is -2.41. The van der Waals surface area contributed by atoms with Gasteiger partial charge in [0.25, 0.3) is 5.91 Å². The maximum atomic E-state index is 13.0. The van der Waals surface area contributed by atoms with Crippen molar-refractivity contribution in [3.8, 4) is 0 Å². The summed E-state index contributed by atoms with van der Waals surface area (Å²) in [4.78, 5) is 25.1. The average Bonchev–Trinajstić information content (AvgIpc) is 2.59. The van der Waals surface area contributed by atoms with Crippen LogP contribution in [0.1, 0.15) is 12.5 Å². The first kappa shape index (κ1) is 15.4. The van der Waals surface area contributed by atoms with Crippen molar-refractivity contribution >= 4 is 21.8 Å². The van der Waals surface area contributed by atoms with E-state index in [1.807, 2.05) is 0 Å². The molecule has 3 amide bonds. The topological polar surface area (TPSA) is 83.6 Å². The molecule has 0 aliphatic carbocycles. The second kappa shape index (κ2) is 5.10. The lowest BCUT2D eigenvalue weighted by atomic mass is 9.92. The predicted molar refractivity (Wildman–Crippen MR) is 73.7 cm³/mol. The molecular formula is C13H15FN2O4S. The van der Waals surface area contributed by atoms with Gasteiger partial charge in [-0.05, 0) is 24.6 Å². The first-order valence-electron chi connectivity index (χ1n) is 6.21. The summed E-state index contributed by atoms with van der Waals surface area (Å²) in [6.45, 7) is 1.29. The highest BCUT2D eigenvalue weighted by atomic mass is 32.2. The number of nitrogens with zero attached hydrogens (tertiary/aromatic N) is 1. The van der Waals surface area contributed by atoms with Gasteiger partial charge in [-0.15, -0.1) is 0 Å². The van der Waals surface area contributed by atoms with Crippen LogP contribution in [0.3, 0.4) is 0 Å². The number of sulfone groups is 1. The molecule has 1 aromatic rings. The maximum Gasteiger partial charge on any atom is 0.325 e. The number of nitrogens with one attached hydrogen (secondary N) is 1. The number of halogens is 1. The van der Waals surface area contributed by atoms with Gasteiger partial charge in [0, 0.05) is 12.8 Å². The van der Waals surface area contributed by atoms with Crippen molar-refractivity contribution in [2.45, 2.75) is 12.5 Å². The molecule has 1 aromatic carbocycles. The molecule has 0 aromatic heterocycles. The molecule has 21 heavy (non-hydrogen) atoms. The van der Waals surface area contributed by atoms with Gasteiger partial charge in [0.2, 0.25) is 0 Å². The highest BCUT2D eigenvalue weighted by Crippen LogP contribution is 2.28. The Kier molecular flexibility index (Phi) is 3.75. The smallest absolute Gasteiger partial charge is 0.319 e. The monoisotopic (exact) mass is 314 g/mol. The van der Waals surface area contributed by atoms with Crippen LogP contribution in [0.4, 0.5) is 9.18 Å². The summed E-state index contributed by atoms with van der Waals surface area (Å²) in [6.07, 6.45) is 1.03. The van der Waals surface area contributed by atoms with Gasteiger partial charge < -0.3 is 5.32 Å². The van der Waals surface area contributed by atoms with E-state index >= 15 is 0 Å². The second-order valence-corrected chi connectivity index (χ2v) is 7.41. The molecule has 1 aliphatic rings. The normalized spacial score (nSPS) is 22.5. The minimum Gasteiger partial charge on any atom is -0.319 e. The number of carbonyl (C=O) groups excluding carboxylic acids is 2. The molecule has 6 nitrogen and oxygen atoms in total. The molecule has 2 rings (SSSR count). The third kappa shape index (κ3) is 3.05. The number of carbonyl (C=O) groups is 2. The number of amides is 3. The molecule has 8 heteroatoms. The molecule has 0 spiro atoms. The second-order valence-electron chi connectivity index (χ2n) is 5.15. The Morgan fingerprint density at radius 2 is 1.81 bits per heavy atom. The van der Waals surface area contributed by atoms with Crippen LogP contribution in [-0.4, -0.2) is 43.8 Å². The van der Waals surface area contributed by atoms with E-state index in [2.05, 4.69) is 5.32 Å². The first-order valence-corrected chi connectivity index (χ1v) is 8.27. The SMILES string of the molecule is CC1(c2ccc(F)cc2)NC(=O)N(CCS(C)(=O)=O)C1=O. The third-order valence-corrected chi connectivity index (χ3v) is 4.31. The van der Waals surface area contributed by atoms with Crippen molar-refractivity contribution in [3.63, 3.8) is 0 Å². The van der Waals surface area contributed by atoms with Crippen LogP contribution >= 0.6 is 0 Å². The van der Waals surface area contributed by atoms with E-state index in [4.69, 9.17) is 0 Å². The summed E-state index contributed by atoms with van der Waals surface area (Å²) in [5.74, 6) is -1.30. The zero-order valence-electron chi connectivity index (χ0n) is 11.6. The Hall–Kier alpha value is -1.96. The standard InChI is InChI=1S/C13H15FN2O4S/c1-13(9-3-5-10(14)6-4-9)11(17)16(12(18)15-13)7-8-21(2,19)20/h3-6H,7-8H2,1-2H3,(H,15,18). The fraction of sp³-hybridized carbons (Fsp3) is 0.385. The summed E-state index contributed by atoms with van der Waals surface area (Å²) in [7, 11) is -3.29. The number of imide groups is 1. The summed E-state index contributed by atoms with van der Waals surface area (Å²) in [5, 5.41) is 2.52. The first-order chi connectivity index (χ1) is 9.63. The minimum atomic E-state index is -3.29. The zero-order valence-corrected chi connectivity index (χ0v) is 12.4. The van der Waals surface area contributed by atoms with Crippen LogP contribution in [0.2, 0.25) is 0 Å². The van der Waals surface area contributed by atoms with E-state index in [-0.39, 0.29) is 12.3 Å². The molecule has 1 unspecified atom stereocenters. The highest BCUT2D eigenvalue weighted by molar-refractivity contribution is 7.90. The van der Waals surface area contributed by atoms with Crippen LogP contribution < -0.4 is 5.32 Å². The molecule has 1 heterocycles. The van der Waals surface area contributed by atoms with Gasteiger partial charge in [-0.2, -0.15) is 0 Å². The van der Waals surface area contributed by atoms with Gasteiger partial charge in [0.1, 0.15) is 21.2 Å². The molecule has 114 valence electrons. The molecular weight excluding hydrogens is 299 g/mol. The summed E-state index contributed by atoms with van der Waals surface area (Å²) < 4.78 is 35.3. The van der Waals surface area contributed by atoms with E-state index < -0.39 is 33.1 Å². The minimum absolute atomic E-state index is 0.208.